The maximum absolute atomic E-state index is 11.5. The van der Waals surface area contributed by atoms with Gasteiger partial charge >= 0.3 is 58.6 Å². The first-order valence-electron chi connectivity index (χ1n) is 14.0. The van der Waals surface area contributed by atoms with Crippen molar-refractivity contribution in [3.63, 3.8) is 0 Å². The summed E-state index contributed by atoms with van der Waals surface area (Å²) in [5, 5.41) is 5.90. The molecule has 0 saturated carbocycles. The van der Waals surface area contributed by atoms with Gasteiger partial charge in [-0.25, -0.2) is 9.79 Å². The van der Waals surface area contributed by atoms with E-state index in [1.807, 2.05) is 182 Å². The number of hydrogen-bond acceptors (Lipinski definition) is 2. The predicted molar refractivity (Wildman–Crippen MR) is 210 cm³/mol. The molecule has 2 N–H and O–H groups in total. The summed E-state index contributed by atoms with van der Waals surface area (Å²) in [7, 11) is -5.05. The van der Waals surface area contributed by atoms with Gasteiger partial charge in [0.2, 0.25) is 15.0 Å². The summed E-state index contributed by atoms with van der Waals surface area (Å²) in [6, 6.07) is 59.7. The van der Waals surface area contributed by atoms with Crippen LogP contribution in [0.3, 0.4) is 0 Å². The van der Waals surface area contributed by atoms with Gasteiger partial charge in [0.15, 0.2) is 0 Å². The molecule has 0 saturated heterocycles. The molecule has 0 unspecified atom stereocenters. The van der Waals surface area contributed by atoms with Gasteiger partial charge in [0.05, 0.1) is 0 Å². The van der Waals surface area contributed by atoms with Crippen LogP contribution in [0, 0.1) is 13.9 Å². The fraction of sp³-hybridized carbons (Fsp3) is 0. The minimum atomic E-state index is -2.53. The van der Waals surface area contributed by atoms with E-state index in [1.54, 1.807) is 0 Å². The molecule has 228 valence electrons. The molecule has 45 heavy (non-hydrogen) atoms. The van der Waals surface area contributed by atoms with Gasteiger partial charge in [-0.1, -0.05) is 109 Å². The fourth-order valence-corrected chi connectivity index (χ4v) is 10.2. The van der Waals surface area contributed by atoms with Crippen molar-refractivity contribution in [3.8, 4) is 0 Å². The van der Waals surface area contributed by atoms with E-state index in [2.05, 4.69) is 44.6 Å². The molecule has 0 atom stereocenters. The Morgan fingerprint density at radius 3 is 0.511 bits per heavy atom. The zero-order valence-electron chi connectivity index (χ0n) is 24.1. The molecule has 0 aliphatic carbocycles. The van der Waals surface area contributed by atoms with Gasteiger partial charge in [-0.3, -0.25) is 0 Å². The summed E-state index contributed by atoms with van der Waals surface area (Å²) in [4.78, 5) is 23.1. The molecular weight excluding hydrogens is 1080 g/mol. The Kier molecular flexibility index (Phi) is 14.8. The Morgan fingerprint density at radius 2 is 0.400 bits per heavy atom. The Hall–Kier alpha value is -0.928. The molecule has 0 heterocycles. The zero-order chi connectivity index (χ0) is 32.2. The van der Waals surface area contributed by atoms with Crippen molar-refractivity contribution < 1.29 is 23.7 Å². The second-order valence-electron chi connectivity index (χ2n) is 9.71. The zero-order valence-corrected chi connectivity index (χ0v) is 36.4. The van der Waals surface area contributed by atoms with Gasteiger partial charge in [-0.05, 0) is 72.8 Å². The van der Waals surface area contributed by atoms with E-state index < -0.39 is 28.9 Å². The SMILES string of the molecule is O[P+](c1ccccc1)(c1ccccc1)c1ccccc1.O[P+](c1ccccc1)(c1ccccc1)c1ccccc1.[Br][U]([Br])([Br])[Br]. The molecular formula is C36H32Br4O2P2U+2. The third kappa shape index (κ3) is 10.5. The molecule has 6 rings (SSSR count). The van der Waals surface area contributed by atoms with Crippen LogP contribution in [0.2, 0.25) is 0 Å². The monoisotopic (exact) mass is 1110 g/mol. The van der Waals surface area contributed by atoms with Gasteiger partial charge in [0.25, 0.3) is 0 Å². The Morgan fingerprint density at radius 1 is 0.289 bits per heavy atom. The average molecular weight is 1120 g/mol. The summed E-state index contributed by atoms with van der Waals surface area (Å²) >= 11 is 11.3. The predicted octanol–water partition coefficient (Wildman–Crippen LogP) is 9.16. The average Bonchev–Trinajstić information content (AvgIpc) is 3.09. The molecule has 6 aromatic rings. The number of hydrogen-bond donors (Lipinski definition) is 2. The Bertz CT molecular complexity index is 1370. The van der Waals surface area contributed by atoms with E-state index in [4.69, 9.17) is 0 Å². The van der Waals surface area contributed by atoms with Crippen molar-refractivity contribution in [3.05, 3.63) is 182 Å². The second kappa shape index (κ2) is 18.0. The molecule has 0 fully saturated rings. The van der Waals surface area contributed by atoms with E-state index in [0.717, 1.165) is 31.8 Å². The summed E-state index contributed by atoms with van der Waals surface area (Å²) < 4.78 is 0. The van der Waals surface area contributed by atoms with E-state index in [0.29, 0.717) is 0 Å². The molecule has 0 spiro atoms. The molecule has 0 radical (unpaired) electrons. The molecule has 0 amide bonds. The third-order valence-electron chi connectivity index (χ3n) is 6.78. The van der Waals surface area contributed by atoms with Gasteiger partial charge in [0.1, 0.15) is 31.8 Å². The van der Waals surface area contributed by atoms with Crippen LogP contribution in [-0.4, -0.2) is 9.79 Å². The molecule has 9 heteroatoms. The van der Waals surface area contributed by atoms with Crippen molar-refractivity contribution >= 4 is 91.4 Å². The summed E-state index contributed by atoms with van der Waals surface area (Å²) in [5.74, 6) is 0. The second-order valence-corrected chi connectivity index (χ2v) is 123. The molecule has 6 aromatic carbocycles. The van der Waals surface area contributed by atoms with Crippen LogP contribution >= 0.6 is 59.6 Å². The molecule has 0 aliphatic heterocycles. The van der Waals surface area contributed by atoms with Gasteiger partial charge < -0.3 is 0 Å². The normalized spacial score (nSPS) is 11.3. The molecule has 2 nitrogen and oxygen atoms in total. The Balaban J connectivity index is 0.000000179. The van der Waals surface area contributed by atoms with Crippen LogP contribution in [0.1, 0.15) is 0 Å². The molecule has 0 aromatic heterocycles. The Labute approximate surface area is 293 Å². The first-order valence-corrected chi connectivity index (χ1v) is 53.3. The third-order valence-corrected chi connectivity index (χ3v) is 13.1. The van der Waals surface area contributed by atoms with E-state index in [-0.39, 0.29) is 0 Å². The first kappa shape index (κ1) is 36.9. The van der Waals surface area contributed by atoms with Crippen molar-refractivity contribution in [1.82, 2.24) is 0 Å². The summed E-state index contributed by atoms with van der Waals surface area (Å²) in [6.45, 7) is 0. The number of rotatable bonds is 6. The first-order chi connectivity index (χ1) is 21.6. The summed E-state index contributed by atoms with van der Waals surface area (Å²) in [6.07, 6.45) is 0. The van der Waals surface area contributed by atoms with Crippen molar-refractivity contribution in [2.45, 2.75) is 0 Å². The van der Waals surface area contributed by atoms with Crippen molar-refractivity contribution in [2.75, 3.05) is 0 Å². The van der Waals surface area contributed by atoms with Gasteiger partial charge in [-0.2, -0.15) is 0 Å². The molecule has 0 aliphatic rings. The van der Waals surface area contributed by atoms with Gasteiger partial charge in [-0.15, -0.1) is 0 Å². The fourth-order valence-electron chi connectivity index (χ4n) is 4.76. The van der Waals surface area contributed by atoms with E-state index in [9.17, 15) is 9.79 Å². The van der Waals surface area contributed by atoms with Crippen LogP contribution in [0.4, 0.5) is 0 Å². The quantitative estimate of drug-likeness (QED) is 0.164. The minimum absolute atomic E-state index is 0.984. The summed E-state index contributed by atoms with van der Waals surface area (Å²) in [5.41, 5.74) is 0. The number of halogens is 4. The molecule has 0 bridgehead atoms. The number of benzene rings is 6. The maximum atomic E-state index is 11.5. The van der Waals surface area contributed by atoms with Crippen LogP contribution in [0.15, 0.2) is 182 Å². The van der Waals surface area contributed by atoms with Crippen LogP contribution < -0.4 is 31.8 Å². The van der Waals surface area contributed by atoms with Crippen LogP contribution in [-0.2, 0) is 0 Å². The van der Waals surface area contributed by atoms with Crippen LogP contribution in [0.5, 0.6) is 0 Å². The van der Waals surface area contributed by atoms with Gasteiger partial charge in [0, 0.05) is 0 Å². The van der Waals surface area contributed by atoms with Crippen molar-refractivity contribution in [2.24, 2.45) is 0 Å². The van der Waals surface area contributed by atoms with Crippen molar-refractivity contribution in [1.29, 1.82) is 0 Å². The van der Waals surface area contributed by atoms with E-state index in [1.165, 1.54) is 0 Å². The topological polar surface area (TPSA) is 40.5 Å². The standard InChI is InChI=1S/2C18H16OP.4BrH.U/c2*19-20(16-10-4-1-5-11-16,17-12-6-2-7-13-17)18-14-8-3-9-15-18;;;;;/h2*1-15,19H;4*1H;/q2*+1;;;;;+4/p-4. The van der Waals surface area contributed by atoms with Crippen LogP contribution in [0.25, 0.3) is 0 Å². The van der Waals surface area contributed by atoms with E-state index >= 15 is 0 Å².